The van der Waals surface area contributed by atoms with Gasteiger partial charge < -0.3 is 11.1 Å². The van der Waals surface area contributed by atoms with Crippen LogP contribution in [0.5, 0.6) is 0 Å². The van der Waals surface area contributed by atoms with E-state index in [1.807, 2.05) is 42.5 Å². The molecule has 0 amide bonds. The number of carbonyl (C=O) groups is 1. The molecule has 0 fully saturated rings. The van der Waals surface area contributed by atoms with Gasteiger partial charge in [0.1, 0.15) is 0 Å². The molecule has 0 aliphatic carbocycles. The highest BCUT2D eigenvalue weighted by molar-refractivity contribution is 6.34. The van der Waals surface area contributed by atoms with Crippen molar-refractivity contribution < 1.29 is 4.79 Å². The van der Waals surface area contributed by atoms with Crippen LogP contribution in [0.1, 0.15) is 15.9 Å². The van der Waals surface area contributed by atoms with E-state index >= 15 is 0 Å². The van der Waals surface area contributed by atoms with Gasteiger partial charge in [0.25, 0.3) is 0 Å². The Morgan fingerprint density at radius 2 is 1.52 bits per heavy atom. The van der Waals surface area contributed by atoms with Crippen LogP contribution in [-0.2, 0) is 0 Å². The van der Waals surface area contributed by atoms with Crippen LogP contribution in [0.2, 0.25) is 5.02 Å². The largest absolute Gasteiger partial charge is 0.397 e. The highest BCUT2D eigenvalue weighted by Gasteiger charge is 2.11. The van der Waals surface area contributed by atoms with E-state index in [0.717, 1.165) is 5.69 Å². The van der Waals surface area contributed by atoms with Gasteiger partial charge >= 0.3 is 0 Å². The number of carbonyl (C=O) groups excluding carboxylic acids is 1. The second-order valence-corrected chi connectivity index (χ2v) is 5.51. The van der Waals surface area contributed by atoms with Crippen molar-refractivity contribution in [3.05, 3.63) is 88.9 Å². The number of halogens is 1. The minimum Gasteiger partial charge on any atom is -0.397 e. The lowest BCUT2D eigenvalue weighted by molar-refractivity contribution is 0.103. The number of nitrogens with two attached hydrogens (primary N) is 1. The van der Waals surface area contributed by atoms with Crippen LogP contribution >= 0.6 is 11.6 Å². The van der Waals surface area contributed by atoms with Crippen molar-refractivity contribution in [3.8, 4) is 0 Å². The summed E-state index contributed by atoms with van der Waals surface area (Å²) in [5, 5.41) is 3.65. The molecular weight excluding hydrogens is 308 g/mol. The van der Waals surface area contributed by atoms with Crippen molar-refractivity contribution in [2.24, 2.45) is 0 Å². The van der Waals surface area contributed by atoms with Crippen molar-refractivity contribution in [1.29, 1.82) is 0 Å². The quantitative estimate of drug-likeness (QED) is 0.530. The van der Waals surface area contributed by atoms with Gasteiger partial charge in [0, 0.05) is 11.1 Å². The zero-order valence-corrected chi connectivity index (χ0v) is 13.0. The molecule has 0 aromatic heterocycles. The molecule has 3 rings (SSSR count). The Bertz CT molecular complexity index is 847. The van der Waals surface area contributed by atoms with E-state index in [1.165, 1.54) is 0 Å². The second-order valence-electron chi connectivity index (χ2n) is 5.10. The highest BCUT2D eigenvalue weighted by atomic mass is 35.5. The fourth-order valence-electron chi connectivity index (χ4n) is 2.27. The lowest BCUT2D eigenvalue weighted by Gasteiger charge is -2.11. The Labute approximate surface area is 139 Å². The summed E-state index contributed by atoms with van der Waals surface area (Å²) in [7, 11) is 0. The van der Waals surface area contributed by atoms with Crippen molar-refractivity contribution in [2.45, 2.75) is 0 Å². The van der Waals surface area contributed by atoms with E-state index in [0.29, 0.717) is 27.5 Å². The summed E-state index contributed by atoms with van der Waals surface area (Å²) >= 11 is 6.31. The highest BCUT2D eigenvalue weighted by Crippen LogP contribution is 2.29. The number of nitrogens with one attached hydrogen (secondary N) is 1. The van der Waals surface area contributed by atoms with Gasteiger partial charge in [-0.3, -0.25) is 4.79 Å². The first-order valence-corrected chi connectivity index (χ1v) is 7.54. The number of hydrogen-bond donors (Lipinski definition) is 2. The molecule has 3 aromatic carbocycles. The van der Waals surface area contributed by atoms with Crippen molar-refractivity contribution in [3.63, 3.8) is 0 Å². The van der Waals surface area contributed by atoms with E-state index in [-0.39, 0.29) is 5.78 Å². The van der Waals surface area contributed by atoms with Crippen molar-refractivity contribution in [2.75, 3.05) is 11.1 Å². The molecule has 0 saturated heterocycles. The van der Waals surface area contributed by atoms with E-state index < -0.39 is 0 Å². The maximum Gasteiger partial charge on any atom is 0.193 e. The first kappa shape index (κ1) is 15.1. The van der Waals surface area contributed by atoms with E-state index in [2.05, 4.69) is 5.32 Å². The molecule has 3 nitrogen and oxygen atoms in total. The Balaban J connectivity index is 1.87. The Hall–Kier alpha value is -2.78. The van der Waals surface area contributed by atoms with Gasteiger partial charge in [0.15, 0.2) is 5.78 Å². The molecule has 0 aliphatic rings. The van der Waals surface area contributed by atoms with Gasteiger partial charge in [-0.25, -0.2) is 0 Å². The predicted octanol–water partition coefficient (Wildman–Crippen LogP) is 4.90. The molecule has 0 heterocycles. The minimum absolute atomic E-state index is 0.0572. The number of para-hydroxylation sites is 2. The molecule has 0 bridgehead atoms. The summed E-state index contributed by atoms with van der Waals surface area (Å²) in [6.07, 6.45) is 0. The molecule has 23 heavy (non-hydrogen) atoms. The second kappa shape index (κ2) is 6.55. The van der Waals surface area contributed by atoms with E-state index in [4.69, 9.17) is 17.3 Å². The number of benzene rings is 3. The topological polar surface area (TPSA) is 55.1 Å². The van der Waals surface area contributed by atoms with Gasteiger partial charge in [0.05, 0.1) is 22.1 Å². The van der Waals surface area contributed by atoms with Crippen molar-refractivity contribution >= 4 is 34.4 Å². The first-order valence-electron chi connectivity index (χ1n) is 7.16. The van der Waals surface area contributed by atoms with Gasteiger partial charge in [0.2, 0.25) is 0 Å². The Morgan fingerprint density at radius 1 is 0.826 bits per heavy atom. The number of ketones is 1. The molecule has 0 radical (unpaired) electrons. The van der Waals surface area contributed by atoms with Crippen molar-refractivity contribution in [1.82, 2.24) is 0 Å². The summed E-state index contributed by atoms with van der Waals surface area (Å²) in [5.41, 5.74) is 9.21. The van der Waals surface area contributed by atoms with Crippen LogP contribution in [0.4, 0.5) is 17.1 Å². The standard InChI is InChI=1S/C19H15ClN2O/c20-15-12-14(19(23)13-6-2-1-3-7-13)10-11-17(15)22-18-9-5-4-8-16(18)21/h1-12,22H,21H2. The summed E-state index contributed by atoms with van der Waals surface area (Å²) in [6, 6.07) is 21.8. The molecule has 0 spiro atoms. The maximum atomic E-state index is 12.4. The van der Waals surface area contributed by atoms with Crippen LogP contribution in [0.3, 0.4) is 0 Å². The zero-order valence-electron chi connectivity index (χ0n) is 12.3. The van der Waals surface area contributed by atoms with E-state index in [9.17, 15) is 4.79 Å². The number of hydrogen-bond acceptors (Lipinski definition) is 3. The molecule has 0 aliphatic heterocycles. The molecule has 0 atom stereocenters. The maximum absolute atomic E-state index is 12.4. The fraction of sp³-hybridized carbons (Fsp3) is 0. The summed E-state index contributed by atoms with van der Waals surface area (Å²) < 4.78 is 0. The molecule has 114 valence electrons. The van der Waals surface area contributed by atoms with Crippen LogP contribution < -0.4 is 11.1 Å². The normalized spacial score (nSPS) is 10.3. The summed E-state index contributed by atoms with van der Waals surface area (Å²) in [5.74, 6) is -0.0572. The molecular formula is C19H15ClN2O. The van der Waals surface area contributed by atoms with Crippen LogP contribution in [-0.4, -0.2) is 5.78 Å². The third-order valence-corrected chi connectivity index (χ3v) is 3.81. The smallest absolute Gasteiger partial charge is 0.193 e. The van der Waals surface area contributed by atoms with Gasteiger partial charge in [-0.15, -0.1) is 0 Å². The lowest BCUT2D eigenvalue weighted by atomic mass is 10.0. The molecule has 4 heteroatoms. The van der Waals surface area contributed by atoms with Gasteiger partial charge in [-0.1, -0.05) is 54.1 Å². The fourth-order valence-corrected chi connectivity index (χ4v) is 2.50. The summed E-state index contributed by atoms with van der Waals surface area (Å²) in [6.45, 7) is 0. The molecule has 3 N–H and O–H groups in total. The average Bonchev–Trinajstić information content (AvgIpc) is 2.58. The van der Waals surface area contributed by atoms with Crippen LogP contribution in [0, 0.1) is 0 Å². The van der Waals surface area contributed by atoms with Gasteiger partial charge in [-0.2, -0.15) is 0 Å². The Morgan fingerprint density at radius 3 is 2.22 bits per heavy atom. The minimum atomic E-state index is -0.0572. The van der Waals surface area contributed by atoms with Gasteiger partial charge in [-0.05, 0) is 30.3 Å². The third-order valence-electron chi connectivity index (χ3n) is 3.50. The number of nitrogen functional groups attached to an aromatic ring is 1. The number of anilines is 3. The number of rotatable bonds is 4. The third kappa shape index (κ3) is 3.35. The van der Waals surface area contributed by atoms with Crippen LogP contribution in [0.25, 0.3) is 0 Å². The SMILES string of the molecule is Nc1ccccc1Nc1ccc(C(=O)c2ccccc2)cc1Cl. The predicted molar refractivity (Wildman–Crippen MR) is 95.5 cm³/mol. The van der Waals surface area contributed by atoms with E-state index in [1.54, 1.807) is 30.3 Å². The van der Waals surface area contributed by atoms with Crippen LogP contribution in [0.15, 0.2) is 72.8 Å². The molecule has 0 saturated carbocycles. The summed E-state index contributed by atoms with van der Waals surface area (Å²) in [4.78, 5) is 12.4. The monoisotopic (exact) mass is 322 g/mol. The molecule has 0 unspecified atom stereocenters. The average molecular weight is 323 g/mol. The zero-order chi connectivity index (χ0) is 16.2. The Kier molecular flexibility index (Phi) is 4.31. The molecule has 3 aromatic rings. The lowest BCUT2D eigenvalue weighted by Crippen LogP contribution is -2.02. The first-order chi connectivity index (χ1) is 11.1.